The third-order valence-electron chi connectivity index (χ3n) is 6.68. The first-order valence-corrected chi connectivity index (χ1v) is 13.9. The number of hydrogen-bond acceptors (Lipinski definition) is 6. The number of rotatable bonds is 11. The minimum atomic E-state index is -3.85. The third kappa shape index (κ3) is 6.84. The molecule has 3 aromatic rings. The Morgan fingerprint density at radius 3 is 2.43 bits per heavy atom. The number of hydrogen-bond donors (Lipinski definition) is 2. The molecule has 4 atom stereocenters. The van der Waals surface area contributed by atoms with Gasteiger partial charge in [-0.3, -0.25) is 4.79 Å². The van der Waals surface area contributed by atoms with Crippen molar-refractivity contribution in [3.63, 3.8) is 0 Å². The van der Waals surface area contributed by atoms with Gasteiger partial charge in [0, 0.05) is 13.0 Å². The highest BCUT2D eigenvalue weighted by atomic mass is 32.2. The topological polar surface area (TPSA) is 102 Å². The zero-order valence-corrected chi connectivity index (χ0v) is 21.9. The molecule has 0 aromatic heterocycles. The Balaban J connectivity index is 1.38. The van der Waals surface area contributed by atoms with Gasteiger partial charge in [-0.1, -0.05) is 72.3 Å². The van der Waals surface area contributed by atoms with Crippen LogP contribution in [0.25, 0.3) is 0 Å². The molecule has 4 rings (SSSR count). The highest BCUT2D eigenvalue weighted by molar-refractivity contribution is 7.89. The standard InChI is InChI=1S/C29H33NO6S/c1-20-12-14-24(15-13-20)37(33,34)30-28-25-11-7-6-10-23(25)18-27(28)36-29(32)21(2)26(31)16-17-35-19-22-8-4-3-5-9-22/h3-15,21,26-28,30-31H,16-19H2,1-2H3/t21-,26+,27+,28-/m0/s1. The Bertz CT molecular complexity index is 1290. The zero-order chi connectivity index (χ0) is 26.4. The summed E-state index contributed by atoms with van der Waals surface area (Å²) >= 11 is 0. The van der Waals surface area contributed by atoms with Gasteiger partial charge in [0.15, 0.2) is 0 Å². The lowest BCUT2D eigenvalue weighted by molar-refractivity contribution is -0.158. The van der Waals surface area contributed by atoms with Crippen LogP contribution >= 0.6 is 0 Å². The van der Waals surface area contributed by atoms with Crippen LogP contribution in [-0.4, -0.2) is 38.3 Å². The molecule has 0 saturated heterocycles. The molecular formula is C29H33NO6S. The van der Waals surface area contributed by atoms with Gasteiger partial charge in [0.2, 0.25) is 10.0 Å². The van der Waals surface area contributed by atoms with Crippen molar-refractivity contribution in [1.82, 2.24) is 4.72 Å². The quantitative estimate of drug-likeness (QED) is 0.290. The van der Waals surface area contributed by atoms with Gasteiger partial charge < -0.3 is 14.6 Å². The summed E-state index contributed by atoms with van der Waals surface area (Å²) in [5, 5.41) is 10.6. The number of ether oxygens (including phenoxy) is 2. The second-order valence-corrected chi connectivity index (χ2v) is 11.2. The van der Waals surface area contributed by atoms with Crippen LogP contribution in [0.4, 0.5) is 0 Å². The van der Waals surface area contributed by atoms with Crippen molar-refractivity contribution in [2.75, 3.05) is 6.61 Å². The molecule has 1 aliphatic carbocycles. The van der Waals surface area contributed by atoms with E-state index in [-0.39, 0.29) is 11.3 Å². The fraction of sp³-hybridized carbons (Fsp3) is 0.345. The minimum absolute atomic E-state index is 0.145. The van der Waals surface area contributed by atoms with Gasteiger partial charge in [-0.15, -0.1) is 0 Å². The number of aryl methyl sites for hydroxylation is 1. The van der Waals surface area contributed by atoms with Crippen LogP contribution < -0.4 is 4.72 Å². The summed E-state index contributed by atoms with van der Waals surface area (Å²) in [5.41, 5.74) is 3.68. The van der Waals surface area contributed by atoms with Crippen LogP contribution in [0.2, 0.25) is 0 Å². The van der Waals surface area contributed by atoms with Crippen molar-refractivity contribution in [3.05, 3.63) is 101 Å². The maximum Gasteiger partial charge on any atom is 0.311 e. The fourth-order valence-corrected chi connectivity index (χ4v) is 5.64. The highest BCUT2D eigenvalue weighted by Gasteiger charge is 2.39. The summed E-state index contributed by atoms with van der Waals surface area (Å²) in [6.45, 7) is 4.21. The predicted molar refractivity (Wildman–Crippen MR) is 140 cm³/mol. The maximum atomic E-state index is 13.1. The molecule has 1 aliphatic rings. The molecule has 196 valence electrons. The van der Waals surface area contributed by atoms with Crippen molar-refractivity contribution in [1.29, 1.82) is 0 Å². The molecular weight excluding hydrogens is 490 g/mol. The average molecular weight is 524 g/mol. The smallest absolute Gasteiger partial charge is 0.311 e. The lowest BCUT2D eigenvalue weighted by Crippen LogP contribution is -2.38. The summed E-state index contributed by atoms with van der Waals surface area (Å²) in [5.74, 6) is -1.37. The molecule has 8 heteroatoms. The molecule has 7 nitrogen and oxygen atoms in total. The predicted octanol–water partition coefficient (Wildman–Crippen LogP) is 4.09. The molecule has 0 fully saturated rings. The van der Waals surface area contributed by atoms with E-state index in [0.29, 0.717) is 19.6 Å². The van der Waals surface area contributed by atoms with Gasteiger partial charge in [-0.2, -0.15) is 4.72 Å². The number of aliphatic hydroxyl groups excluding tert-OH is 1. The molecule has 2 N–H and O–H groups in total. The van der Waals surface area contributed by atoms with Crippen LogP contribution in [0, 0.1) is 12.8 Å². The number of carbonyl (C=O) groups is 1. The van der Waals surface area contributed by atoms with Crippen molar-refractivity contribution < 1.29 is 27.8 Å². The Labute approximate surface area is 218 Å². The van der Waals surface area contributed by atoms with Crippen LogP contribution in [-0.2, 0) is 37.3 Å². The molecule has 0 heterocycles. The summed E-state index contributed by atoms with van der Waals surface area (Å²) in [4.78, 5) is 13.1. The molecule has 0 amide bonds. The first-order valence-electron chi connectivity index (χ1n) is 12.4. The second kappa shape index (κ2) is 12.0. The van der Waals surface area contributed by atoms with Gasteiger partial charge in [-0.25, -0.2) is 8.42 Å². The SMILES string of the molecule is Cc1ccc(S(=O)(=O)N[C@H]2c3ccccc3C[C@H]2OC(=O)[C@@H](C)[C@H](O)CCOCc2ccccc2)cc1. The number of nitrogens with one attached hydrogen (secondary N) is 1. The van der Waals surface area contributed by atoms with Crippen molar-refractivity contribution >= 4 is 16.0 Å². The maximum absolute atomic E-state index is 13.1. The van der Waals surface area contributed by atoms with Crippen molar-refractivity contribution in [3.8, 4) is 0 Å². The molecule has 37 heavy (non-hydrogen) atoms. The largest absolute Gasteiger partial charge is 0.460 e. The number of aliphatic hydroxyl groups is 1. The van der Waals surface area contributed by atoms with Crippen LogP contribution in [0.5, 0.6) is 0 Å². The van der Waals surface area contributed by atoms with E-state index < -0.39 is 40.2 Å². The van der Waals surface area contributed by atoms with Gasteiger partial charge in [0.1, 0.15) is 6.10 Å². The Morgan fingerprint density at radius 1 is 1.03 bits per heavy atom. The summed E-state index contributed by atoms with van der Waals surface area (Å²) in [6.07, 6.45) is -1.02. The first-order chi connectivity index (χ1) is 17.7. The summed E-state index contributed by atoms with van der Waals surface area (Å²) in [6, 6.07) is 23.0. The summed E-state index contributed by atoms with van der Waals surface area (Å²) in [7, 11) is -3.85. The van der Waals surface area contributed by atoms with E-state index in [2.05, 4.69) is 4.72 Å². The van der Waals surface area contributed by atoms with E-state index in [4.69, 9.17) is 9.47 Å². The van der Waals surface area contributed by atoms with E-state index in [1.54, 1.807) is 31.2 Å². The molecule has 0 spiro atoms. The Hall–Kier alpha value is -3.04. The average Bonchev–Trinajstić information content (AvgIpc) is 3.23. The molecule has 0 unspecified atom stereocenters. The van der Waals surface area contributed by atoms with E-state index in [0.717, 1.165) is 22.3 Å². The van der Waals surface area contributed by atoms with Gasteiger partial charge >= 0.3 is 5.97 Å². The van der Waals surface area contributed by atoms with Crippen molar-refractivity contribution in [2.24, 2.45) is 5.92 Å². The van der Waals surface area contributed by atoms with E-state index in [1.165, 1.54) is 0 Å². The molecule has 3 aromatic carbocycles. The van der Waals surface area contributed by atoms with Crippen LogP contribution in [0.15, 0.2) is 83.8 Å². The normalized spacial score (nSPS) is 18.7. The molecule has 0 bridgehead atoms. The van der Waals surface area contributed by atoms with Gasteiger partial charge in [-0.05, 0) is 49.1 Å². The Morgan fingerprint density at radius 2 is 1.70 bits per heavy atom. The van der Waals surface area contributed by atoms with Crippen molar-refractivity contribution in [2.45, 2.75) is 56.4 Å². The van der Waals surface area contributed by atoms with Crippen LogP contribution in [0.3, 0.4) is 0 Å². The monoisotopic (exact) mass is 523 g/mol. The van der Waals surface area contributed by atoms with Gasteiger partial charge in [0.25, 0.3) is 0 Å². The number of benzene rings is 3. The van der Waals surface area contributed by atoms with Crippen LogP contribution in [0.1, 0.15) is 41.6 Å². The third-order valence-corrected chi connectivity index (χ3v) is 8.14. The lowest BCUT2D eigenvalue weighted by atomic mass is 10.0. The zero-order valence-electron chi connectivity index (χ0n) is 21.0. The number of fused-ring (bicyclic) bond motifs is 1. The molecule has 0 aliphatic heterocycles. The van der Waals surface area contributed by atoms with E-state index >= 15 is 0 Å². The molecule has 0 radical (unpaired) electrons. The highest BCUT2D eigenvalue weighted by Crippen LogP contribution is 2.35. The van der Waals surface area contributed by atoms with Gasteiger partial charge in [0.05, 0.1) is 29.6 Å². The lowest BCUT2D eigenvalue weighted by Gasteiger charge is -2.25. The Kier molecular flexibility index (Phi) is 8.76. The first kappa shape index (κ1) is 27.0. The fourth-order valence-electron chi connectivity index (χ4n) is 4.39. The van der Waals surface area contributed by atoms with E-state index in [1.807, 2.05) is 61.5 Å². The summed E-state index contributed by atoms with van der Waals surface area (Å²) < 4.78 is 40.4. The van der Waals surface area contributed by atoms with E-state index in [9.17, 15) is 18.3 Å². The number of esters is 1. The number of carbonyl (C=O) groups excluding carboxylic acids is 1. The second-order valence-electron chi connectivity index (χ2n) is 9.47. The minimum Gasteiger partial charge on any atom is -0.460 e. The molecule has 0 saturated carbocycles. The number of sulfonamides is 1.